The van der Waals surface area contributed by atoms with Gasteiger partial charge in [0.2, 0.25) is 0 Å². The van der Waals surface area contributed by atoms with Gasteiger partial charge in [-0.15, -0.1) is 11.8 Å². The monoisotopic (exact) mass is 251 g/mol. The Morgan fingerprint density at radius 2 is 1.76 bits per heavy atom. The van der Waals surface area contributed by atoms with Crippen LogP contribution >= 0.6 is 11.8 Å². The molecule has 1 rings (SSSR count). The van der Waals surface area contributed by atoms with Crippen molar-refractivity contribution in [3.05, 3.63) is 29.8 Å². The molecule has 17 heavy (non-hydrogen) atoms. The summed E-state index contributed by atoms with van der Waals surface area (Å²) in [6.07, 6.45) is 1.18. The van der Waals surface area contributed by atoms with Crippen LogP contribution in [0.25, 0.3) is 0 Å². The van der Waals surface area contributed by atoms with Crippen molar-refractivity contribution in [2.45, 2.75) is 56.7 Å². The number of hydrogen-bond acceptors (Lipinski definition) is 2. The van der Waals surface area contributed by atoms with E-state index in [0.29, 0.717) is 6.04 Å². The molecule has 0 spiro atoms. The number of benzene rings is 1. The molecule has 1 unspecified atom stereocenters. The highest BCUT2D eigenvalue weighted by Gasteiger charge is 2.12. The number of rotatable bonds is 5. The molecule has 1 aromatic rings. The minimum absolute atomic E-state index is 0.285. The van der Waals surface area contributed by atoms with E-state index in [4.69, 9.17) is 0 Å². The van der Waals surface area contributed by atoms with Gasteiger partial charge in [-0.3, -0.25) is 0 Å². The molecule has 0 aliphatic heterocycles. The van der Waals surface area contributed by atoms with Gasteiger partial charge in [-0.05, 0) is 37.6 Å². The second-order valence-corrected chi connectivity index (χ2v) is 7.36. The molecule has 1 aromatic carbocycles. The molecule has 0 saturated carbocycles. The fourth-order valence-electron chi connectivity index (χ4n) is 1.66. The van der Waals surface area contributed by atoms with E-state index in [9.17, 15) is 0 Å². The van der Waals surface area contributed by atoms with E-state index in [1.807, 2.05) is 11.8 Å². The summed E-state index contributed by atoms with van der Waals surface area (Å²) in [5.41, 5.74) is 1.37. The predicted molar refractivity (Wildman–Crippen MR) is 78.8 cm³/mol. The van der Waals surface area contributed by atoms with Gasteiger partial charge < -0.3 is 5.32 Å². The van der Waals surface area contributed by atoms with E-state index >= 15 is 0 Å². The van der Waals surface area contributed by atoms with Gasteiger partial charge >= 0.3 is 0 Å². The maximum atomic E-state index is 3.51. The van der Waals surface area contributed by atoms with Gasteiger partial charge in [-0.2, -0.15) is 0 Å². The number of thioether (sulfide) groups is 1. The normalized spacial score (nSPS) is 13.7. The quantitative estimate of drug-likeness (QED) is 0.765. The highest BCUT2D eigenvalue weighted by molar-refractivity contribution is 8.00. The van der Waals surface area contributed by atoms with Crippen LogP contribution in [-0.4, -0.2) is 11.3 Å². The lowest BCUT2D eigenvalue weighted by atomic mass is 10.1. The minimum atomic E-state index is 0.285. The molecule has 0 radical (unpaired) electrons. The van der Waals surface area contributed by atoms with Crippen molar-refractivity contribution in [3.8, 4) is 0 Å². The van der Waals surface area contributed by atoms with Crippen molar-refractivity contribution in [1.82, 2.24) is 5.32 Å². The summed E-state index contributed by atoms with van der Waals surface area (Å²) in [6.45, 7) is 12.2. The summed E-state index contributed by atoms with van der Waals surface area (Å²) in [7, 11) is 0. The van der Waals surface area contributed by atoms with Crippen molar-refractivity contribution in [2.24, 2.45) is 0 Å². The average Bonchev–Trinajstić information content (AvgIpc) is 2.24. The molecule has 96 valence electrons. The van der Waals surface area contributed by atoms with E-state index in [1.54, 1.807) is 0 Å². The summed E-state index contributed by atoms with van der Waals surface area (Å²) in [6, 6.07) is 9.39. The Morgan fingerprint density at radius 1 is 1.18 bits per heavy atom. The van der Waals surface area contributed by atoms with Gasteiger partial charge in [0.1, 0.15) is 0 Å². The van der Waals surface area contributed by atoms with Crippen LogP contribution < -0.4 is 5.32 Å². The Morgan fingerprint density at radius 3 is 2.24 bits per heavy atom. The highest BCUT2D eigenvalue weighted by Crippen LogP contribution is 2.32. The van der Waals surface area contributed by atoms with Gasteiger partial charge in [0.25, 0.3) is 0 Å². The Hall–Kier alpha value is -0.470. The maximum Gasteiger partial charge on any atom is 0.0291 e. The van der Waals surface area contributed by atoms with Crippen LogP contribution in [0, 0.1) is 0 Å². The zero-order chi connectivity index (χ0) is 12.9. The Kier molecular flexibility index (Phi) is 5.54. The first-order valence-electron chi connectivity index (χ1n) is 6.44. The second-order valence-electron chi connectivity index (χ2n) is 5.46. The summed E-state index contributed by atoms with van der Waals surface area (Å²) < 4.78 is 0.285. The third-order valence-corrected chi connectivity index (χ3v) is 3.62. The average molecular weight is 251 g/mol. The lowest BCUT2D eigenvalue weighted by Crippen LogP contribution is -2.19. The van der Waals surface area contributed by atoms with Crippen LogP contribution in [0.15, 0.2) is 29.2 Å². The second kappa shape index (κ2) is 6.46. The van der Waals surface area contributed by atoms with Crippen molar-refractivity contribution in [2.75, 3.05) is 6.54 Å². The molecule has 0 fully saturated rings. The first-order chi connectivity index (χ1) is 7.92. The fourth-order valence-corrected chi connectivity index (χ4v) is 2.64. The SMILES string of the molecule is CCCNC(C)c1ccc(SC(C)(C)C)cc1. The molecule has 0 aliphatic carbocycles. The van der Waals surface area contributed by atoms with Crippen LogP contribution in [0.5, 0.6) is 0 Å². The van der Waals surface area contributed by atoms with E-state index in [-0.39, 0.29) is 4.75 Å². The van der Waals surface area contributed by atoms with Gasteiger partial charge in [-0.25, -0.2) is 0 Å². The third kappa shape index (κ3) is 5.60. The van der Waals surface area contributed by atoms with E-state index in [0.717, 1.165) is 6.54 Å². The Bertz CT molecular complexity index is 324. The van der Waals surface area contributed by atoms with Gasteiger partial charge in [0, 0.05) is 15.7 Å². The first-order valence-corrected chi connectivity index (χ1v) is 7.26. The Balaban J connectivity index is 2.61. The fraction of sp³-hybridized carbons (Fsp3) is 0.600. The third-order valence-electron chi connectivity index (χ3n) is 2.50. The van der Waals surface area contributed by atoms with Crippen LogP contribution in [0.2, 0.25) is 0 Å². The molecule has 2 heteroatoms. The maximum absolute atomic E-state index is 3.51. The smallest absolute Gasteiger partial charge is 0.0291 e. The molecule has 0 aliphatic rings. The molecule has 0 aromatic heterocycles. The summed E-state index contributed by atoms with van der Waals surface area (Å²) in [5.74, 6) is 0. The summed E-state index contributed by atoms with van der Waals surface area (Å²) in [5, 5.41) is 3.51. The van der Waals surface area contributed by atoms with Gasteiger partial charge in [0.05, 0.1) is 0 Å². The van der Waals surface area contributed by atoms with Crippen LogP contribution in [0.4, 0.5) is 0 Å². The van der Waals surface area contributed by atoms with Gasteiger partial charge in [0.15, 0.2) is 0 Å². The van der Waals surface area contributed by atoms with Crippen molar-refractivity contribution in [1.29, 1.82) is 0 Å². The molecule has 0 heterocycles. The molecule has 1 atom stereocenters. The number of hydrogen-bond donors (Lipinski definition) is 1. The molecular formula is C15H25NS. The Labute approximate surface area is 110 Å². The molecule has 1 N–H and O–H groups in total. The summed E-state index contributed by atoms with van der Waals surface area (Å²) >= 11 is 1.92. The lowest BCUT2D eigenvalue weighted by molar-refractivity contribution is 0.570. The van der Waals surface area contributed by atoms with E-state index < -0.39 is 0 Å². The van der Waals surface area contributed by atoms with Crippen LogP contribution in [-0.2, 0) is 0 Å². The zero-order valence-electron chi connectivity index (χ0n) is 11.7. The zero-order valence-corrected chi connectivity index (χ0v) is 12.5. The standard InChI is InChI=1S/C15H25NS/c1-6-11-16-12(2)13-7-9-14(10-8-13)17-15(3,4)5/h7-10,12,16H,6,11H2,1-5H3. The van der Waals surface area contributed by atoms with E-state index in [2.05, 4.69) is 64.2 Å². The van der Waals surface area contributed by atoms with Crippen molar-refractivity contribution >= 4 is 11.8 Å². The largest absolute Gasteiger partial charge is 0.310 e. The lowest BCUT2D eigenvalue weighted by Gasteiger charge is -2.18. The predicted octanol–water partition coefficient (Wildman–Crippen LogP) is 4.64. The topological polar surface area (TPSA) is 12.0 Å². The van der Waals surface area contributed by atoms with Crippen LogP contribution in [0.3, 0.4) is 0 Å². The van der Waals surface area contributed by atoms with Crippen molar-refractivity contribution in [3.63, 3.8) is 0 Å². The molecule has 0 bridgehead atoms. The summed E-state index contributed by atoms with van der Waals surface area (Å²) in [4.78, 5) is 1.35. The first kappa shape index (κ1) is 14.6. The van der Waals surface area contributed by atoms with Gasteiger partial charge in [-0.1, -0.05) is 39.8 Å². The molecule has 0 amide bonds. The minimum Gasteiger partial charge on any atom is -0.310 e. The molecule has 0 saturated heterocycles. The van der Waals surface area contributed by atoms with Crippen LogP contribution in [0.1, 0.15) is 52.6 Å². The molecular weight excluding hydrogens is 226 g/mol. The highest BCUT2D eigenvalue weighted by atomic mass is 32.2. The van der Waals surface area contributed by atoms with Crippen molar-refractivity contribution < 1.29 is 0 Å². The van der Waals surface area contributed by atoms with E-state index in [1.165, 1.54) is 16.9 Å². The molecule has 1 nitrogen and oxygen atoms in total. The number of nitrogens with one attached hydrogen (secondary N) is 1.